The Morgan fingerprint density at radius 2 is 2.12 bits per heavy atom. The second-order valence-electron chi connectivity index (χ2n) is 4.92. The molecule has 6 nitrogen and oxygen atoms in total. The van der Waals surface area contributed by atoms with Gasteiger partial charge in [-0.1, -0.05) is 30.9 Å². The van der Waals surface area contributed by atoms with Crippen LogP contribution in [0.3, 0.4) is 0 Å². The minimum absolute atomic E-state index is 0.243. The third-order valence-corrected chi connectivity index (χ3v) is 4.86. The van der Waals surface area contributed by atoms with Crippen LogP contribution in [0.5, 0.6) is 11.5 Å². The molecule has 0 radical (unpaired) electrons. The molecule has 0 aliphatic carbocycles. The van der Waals surface area contributed by atoms with E-state index in [0.29, 0.717) is 22.0 Å². The number of carbonyl (C=O) groups is 2. The maximum Gasteiger partial charge on any atom is 0.326 e. The van der Waals surface area contributed by atoms with Gasteiger partial charge in [0.2, 0.25) is 0 Å². The lowest BCUT2D eigenvalue weighted by atomic mass is 10.1. The Hall–Kier alpha value is -2.06. The number of ether oxygens (including phenoxy) is 2. The van der Waals surface area contributed by atoms with E-state index in [2.05, 4.69) is 0 Å². The van der Waals surface area contributed by atoms with Crippen molar-refractivity contribution in [1.82, 2.24) is 4.90 Å². The van der Waals surface area contributed by atoms with Crippen molar-refractivity contribution in [2.24, 2.45) is 0 Å². The van der Waals surface area contributed by atoms with Crippen LogP contribution in [-0.4, -0.2) is 46.5 Å². The summed E-state index contributed by atoms with van der Waals surface area (Å²) in [6, 6.07) is 4.26. The number of rotatable bonds is 6. The van der Waals surface area contributed by atoms with Gasteiger partial charge in [0.05, 0.1) is 19.1 Å². The number of hydrogen-bond acceptors (Lipinski definition) is 6. The van der Waals surface area contributed by atoms with Crippen molar-refractivity contribution >= 4 is 46.3 Å². The van der Waals surface area contributed by atoms with Crippen LogP contribution in [0, 0.1) is 0 Å². The Balaban J connectivity index is 2.37. The normalized spacial score (nSPS) is 17.3. The van der Waals surface area contributed by atoms with Crippen molar-refractivity contribution in [3.05, 3.63) is 28.7 Å². The lowest BCUT2D eigenvalue weighted by Crippen LogP contribution is -2.43. The van der Waals surface area contributed by atoms with Crippen LogP contribution >= 0.6 is 24.0 Å². The minimum atomic E-state index is -1.07. The van der Waals surface area contributed by atoms with Crippen LogP contribution in [0.15, 0.2) is 23.1 Å². The molecular formula is C16H17NO5S2. The first-order valence-electron chi connectivity index (χ1n) is 7.14. The molecule has 1 aromatic rings. The van der Waals surface area contributed by atoms with Crippen LogP contribution in [-0.2, 0) is 9.59 Å². The Labute approximate surface area is 149 Å². The van der Waals surface area contributed by atoms with E-state index in [1.165, 1.54) is 7.11 Å². The molecule has 0 unspecified atom stereocenters. The number of aliphatic carboxylic acids is 1. The predicted molar refractivity (Wildman–Crippen MR) is 96.3 cm³/mol. The number of methoxy groups -OCH3 is 2. The summed E-state index contributed by atoms with van der Waals surface area (Å²) in [6.07, 6.45) is 1.92. The molecule has 0 spiro atoms. The maximum absolute atomic E-state index is 12.6. The van der Waals surface area contributed by atoms with Crippen LogP contribution in [0.2, 0.25) is 0 Å². The number of nitrogens with zero attached hydrogens (tertiary/aromatic N) is 1. The van der Waals surface area contributed by atoms with Crippen molar-refractivity contribution in [2.45, 2.75) is 19.4 Å². The Bertz CT molecular complexity index is 716. The van der Waals surface area contributed by atoms with E-state index in [1.54, 1.807) is 38.3 Å². The lowest BCUT2D eigenvalue weighted by Gasteiger charge is -2.21. The van der Waals surface area contributed by atoms with E-state index in [1.807, 2.05) is 0 Å². The average molecular weight is 367 g/mol. The topological polar surface area (TPSA) is 76.1 Å². The summed E-state index contributed by atoms with van der Waals surface area (Å²) in [4.78, 5) is 25.4. The molecule has 1 atom stereocenters. The fourth-order valence-electron chi connectivity index (χ4n) is 2.30. The zero-order valence-corrected chi connectivity index (χ0v) is 15.1. The van der Waals surface area contributed by atoms with E-state index in [9.17, 15) is 14.7 Å². The standard InChI is InChI=1S/C16H17NO5S2/c1-4-11(15(19)20)17-14(18)13(24-16(17)23)7-9-5-6-10(21-2)8-12(9)22-3/h5-8,11H,4H2,1-3H3,(H,19,20)/b13-7-/t11-/m0/s1. The molecule has 0 aromatic heterocycles. The fraction of sp³-hybridized carbons (Fsp3) is 0.312. The van der Waals surface area contributed by atoms with Gasteiger partial charge in [-0.05, 0) is 24.6 Å². The highest BCUT2D eigenvalue weighted by atomic mass is 32.2. The molecular weight excluding hydrogens is 350 g/mol. The highest BCUT2D eigenvalue weighted by Crippen LogP contribution is 2.36. The summed E-state index contributed by atoms with van der Waals surface area (Å²) < 4.78 is 10.7. The molecule has 1 N–H and O–H groups in total. The van der Waals surface area contributed by atoms with Gasteiger partial charge in [0.1, 0.15) is 21.9 Å². The van der Waals surface area contributed by atoms with Crippen LogP contribution in [0.1, 0.15) is 18.9 Å². The molecule has 2 rings (SSSR count). The van der Waals surface area contributed by atoms with Gasteiger partial charge in [-0.2, -0.15) is 0 Å². The number of thioether (sulfide) groups is 1. The third kappa shape index (κ3) is 3.54. The Morgan fingerprint density at radius 1 is 1.42 bits per heavy atom. The number of carboxylic acids is 1. The van der Waals surface area contributed by atoms with Crippen molar-refractivity contribution < 1.29 is 24.2 Å². The number of benzene rings is 1. The van der Waals surface area contributed by atoms with E-state index in [4.69, 9.17) is 21.7 Å². The van der Waals surface area contributed by atoms with Gasteiger partial charge in [-0.25, -0.2) is 4.79 Å². The second-order valence-corrected chi connectivity index (χ2v) is 6.60. The molecule has 128 valence electrons. The van der Waals surface area contributed by atoms with Gasteiger partial charge < -0.3 is 14.6 Å². The molecule has 0 saturated carbocycles. The maximum atomic E-state index is 12.6. The first kappa shape index (κ1) is 18.3. The SMILES string of the molecule is CC[C@@H](C(=O)O)N1C(=O)/C(=C/c2ccc(OC)cc2OC)SC1=S. The largest absolute Gasteiger partial charge is 0.497 e. The summed E-state index contributed by atoms with van der Waals surface area (Å²) in [7, 11) is 3.07. The highest BCUT2D eigenvalue weighted by molar-refractivity contribution is 8.26. The molecule has 1 aromatic carbocycles. The number of hydrogen-bond donors (Lipinski definition) is 1. The predicted octanol–water partition coefficient (Wildman–Crippen LogP) is 2.77. The average Bonchev–Trinajstić information content (AvgIpc) is 2.83. The molecule has 1 aliphatic rings. The molecule has 1 amide bonds. The molecule has 8 heteroatoms. The minimum Gasteiger partial charge on any atom is -0.497 e. The summed E-state index contributed by atoms with van der Waals surface area (Å²) in [5.74, 6) is -0.299. The summed E-state index contributed by atoms with van der Waals surface area (Å²) in [6.45, 7) is 1.70. The van der Waals surface area contributed by atoms with Crippen LogP contribution in [0.25, 0.3) is 6.08 Å². The second kappa shape index (κ2) is 7.67. The Kier molecular flexibility index (Phi) is 5.84. The van der Waals surface area contributed by atoms with Gasteiger partial charge in [0.15, 0.2) is 0 Å². The van der Waals surface area contributed by atoms with Gasteiger partial charge in [0, 0.05) is 11.6 Å². The van der Waals surface area contributed by atoms with Crippen molar-refractivity contribution in [1.29, 1.82) is 0 Å². The van der Waals surface area contributed by atoms with Crippen molar-refractivity contribution in [3.63, 3.8) is 0 Å². The highest BCUT2D eigenvalue weighted by Gasteiger charge is 2.39. The summed E-state index contributed by atoms with van der Waals surface area (Å²) >= 11 is 6.27. The third-order valence-electron chi connectivity index (χ3n) is 3.53. The number of carboxylic acid groups (broad SMARTS) is 1. The van der Waals surface area contributed by atoms with E-state index in [-0.39, 0.29) is 10.7 Å². The first-order chi connectivity index (χ1) is 11.4. The van der Waals surface area contributed by atoms with Crippen LogP contribution in [0.4, 0.5) is 0 Å². The summed E-state index contributed by atoms with van der Waals surface area (Å²) in [5, 5.41) is 9.27. The number of carbonyl (C=O) groups excluding carboxylic acids is 1. The van der Waals surface area contributed by atoms with Gasteiger partial charge in [-0.3, -0.25) is 9.69 Å². The number of amides is 1. The quantitative estimate of drug-likeness (QED) is 0.612. The molecule has 1 heterocycles. The van der Waals surface area contributed by atoms with E-state index < -0.39 is 17.9 Å². The molecule has 0 bridgehead atoms. The number of thiocarbonyl (C=S) groups is 1. The zero-order valence-electron chi connectivity index (χ0n) is 13.4. The van der Waals surface area contributed by atoms with Crippen molar-refractivity contribution in [3.8, 4) is 11.5 Å². The molecule has 1 aliphatic heterocycles. The summed E-state index contributed by atoms with van der Waals surface area (Å²) in [5.41, 5.74) is 0.683. The van der Waals surface area contributed by atoms with E-state index in [0.717, 1.165) is 16.7 Å². The van der Waals surface area contributed by atoms with E-state index >= 15 is 0 Å². The van der Waals surface area contributed by atoms with Crippen LogP contribution < -0.4 is 9.47 Å². The van der Waals surface area contributed by atoms with Crippen molar-refractivity contribution in [2.75, 3.05) is 14.2 Å². The fourth-order valence-corrected chi connectivity index (χ4v) is 3.64. The molecule has 1 saturated heterocycles. The van der Waals surface area contributed by atoms with Gasteiger partial charge in [0.25, 0.3) is 5.91 Å². The zero-order chi connectivity index (χ0) is 17.9. The monoisotopic (exact) mass is 367 g/mol. The smallest absolute Gasteiger partial charge is 0.326 e. The Morgan fingerprint density at radius 3 is 2.67 bits per heavy atom. The van der Waals surface area contributed by atoms with Gasteiger partial charge >= 0.3 is 5.97 Å². The first-order valence-corrected chi connectivity index (χ1v) is 8.37. The lowest BCUT2D eigenvalue weighted by molar-refractivity contribution is -0.145. The molecule has 1 fully saturated rings. The van der Waals surface area contributed by atoms with Gasteiger partial charge in [-0.15, -0.1) is 0 Å². The molecule has 24 heavy (non-hydrogen) atoms.